The first-order valence-corrected chi connectivity index (χ1v) is 5.68. The Morgan fingerprint density at radius 3 is 2.67 bits per heavy atom. The van der Waals surface area contributed by atoms with E-state index in [1.54, 1.807) is 12.1 Å². The van der Waals surface area contributed by atoms with Gasteiger partial charge in [-0.3, -0.25) is 0 Å². The second-order valence-electron chi connectivity index (χ2n) is 3.94. The Labute approximate surface area is 104 Å². The fraction of sp³-hybridized carbons (Fsp3) is 0.333. The predicted molar refractivity (Wildman–Crippen MR) is 65.5 cm³/mol. The van der Waals surface area contributed by atoms with Crippen LogP contribution in [0, 0.1) is 5.82 Å². The molecule has 0 amide bonds. The Kier molecular flexibility index (Phi) is 3.88. The zero-order chi connectivity index (χ0) is 13.0. The van der Waals surface area contributed by atoms with Crippen molar-refractivity contribution in [1.29, 1.82) is 0 Å². The van der Waals surface area contributed by atoms with Crippen molar-refractivity contribution in [2.45, 2.75) is 19.5 Å². The first-order valence-electron chi connectivity index (χ1n) is 5.68. The summed E-state index contributed by atoms with van der Waals surface area (Å²) in [6.45, 7) is 2.44. The van der Waals surface area contributed by atoms with Gasteiger partial charge in [0.25, 0.3) is 0 Å². The molecule has 0 aliphatic carbocycles. The zero-order valence-electron chi connectivity index (χ0n) is 10.3. The van der Waals surface area contributed by atoms with Gasteiger partial charge in [-0.25, -0.2) is 4.39 Å². The standard InChI is InChI=1S/C12H15FN4O/c1-8(14-2)11-16-17-12(18-11)15-7-9-3-5-10(13)6-4-9/h3-6,8,14H,7H2,1-2H3,(H,15,17). The Bertz CT molecular complexity index is 497. The summed E-state index contributed by atoms with van der Waals surface area (Å²) in [6.07, 6.45) is 0. The molecule has 0 bridgehead atoms. The minimum atomic E-state index is -0.248. The van der Waals surface area contributed by atoms with Crippen molar-refractivity contribution in [3.05, 3.63) is 41.5 Å². The minimum absolute atomic E-state index is 0.0128. The van der Waals surface area contributed by atoms with E-state index in [2.05, 4.69) is 20.8 Å². The summed E-state index contributed by atoms with van der Waals surface area (Å²) in [5.74, 6) is 0.278. The van der Waals surface area contributed by atoms with Crippen LogP contribution in [0.15, 0.2) is 28.7 Å². The van der Waals surface area contributed by atoms with Crippen LogP contribution in [-0.4, -0.2) is 17.2 Å². The second kappa shape index (κ2) is 5.59. The van der Waals surface area contributed by atoms with Crippen molar-refractivity contribution < 1.29 is 8.81 Å². The highest BCUT2D eigenvalue weighted by Gasteiger charge is 2.11. The van der Waals surface area contributed by atoms with Crippen LogP contribution in [0.4, 0.5) is 10.4 Å². The molecule has 2 N–H and O–H groups in total. The van der Waals surface area contributed by atoms with Gasteiger partial charge in [0.15, 0.2) is 0 Å². The highest BCUT2D eigenvalue weighted by atomic mass is 19.1. The molecule has 1 atom stereocenters. The van der Waals surface area contributed by atoms with Crippen LogP contribution in [0.5, 0.6) is 0 Å². The van der Waals surface area contributed by atoms with E-state index >= 15 is 0 Å². The van der Waals surface area contributed by atoms with E-state index in [1.165, 1.54) is 12.1 Å². The van der Waals surface area contributed by atoms with Crippen molar-refractivity contribution in [2.24, 2.45) is 0 Å². The van der Waals surface area contributed by atoms with Gasteiger partial charge < -0.3 is 15.1 Å². The number of rotatable bonds is 5. The van der Waals surface area contributed by atoms with Crippen LogP contribution >= 0.6 is 0 Å². The Hall–Kier alpha value is -1.95. The fourth-order valence-corrected chi connectivity index (χ4v) is 1.38. The molecule has 96 valence electrons. The van der Waals surface area contributed by atoms with Crippen molar-refractivity contribution in [3.63, 3.8) is 0 Å². The fourth-order valence-electron chi connectivity index (χ4n) is 1.38. The lowest BCUT2D eigenvalue weighted by Crippen LogP contribution is -2.12. The van der Waals surface area contributed by atoms with Gasteiger partial charge in [-0.2, -0.15) is 0 Å². The number of nitrogens with one attached hydrogen (secondary N) is 2. The van der Waals surface area contributed by atoms with E-state index < -0.39 is 0 Å². The third kappa shape index (κ3) is 3.04. The monoisotopic (exact) mass is 250 g/mol. The van der Waals surface area contributed by atoms with Crippen molar-refractivity contribution in [3.8, 4) is 0 Å². The quantitative estimate of drug-likeness (QED) is 0.850. The van der Waals surface area contributed by atoms with Crippen LogP contribution in [0.2, 0.25) is 0 Å². The smallest absolute Gasteiger partial charge is 0.315 e. The predicted octanol–water partition coefficient (Wildman–Crippen LogP) is 2.10. The molecule has 0 aliphatic rings. The van der Waals surface area contributed by atoms with Crippen molar-refractivity contribution in [1.82, 2.24) is 15.5 Å². The van der Waals surface area contributed by atoms with Crippen molar-refractivity contribution in [2.75, 3.05) is 12.4 Å². The number of nitrogens with zero attached hydrogens (tertiary/aromatic N) is 2. The summed E-state index contributed by atoms with van der Waals surface area (Å²) in [5, 5.41) is 13.8. The maximum Gasteiger partial charge on any atom is 0.315 e. The molecule has 0 saturated heterocycles. The van der Waals surface area contributed by atoms with Crippen molar-refractivity contribution >= 4 is 6.01 Å². The molecular formula is C12H15FN4O. The number of hydrogen-bond acceptors (Lipinski definition) is 5. The Morgan fingerprint density at radius 1 is 1.28 bits per heavy atom. The average molecular weight is 250 g/mol. The van der Waals surface area contributed by atoms with E-state index in [0.29, 0.717) is 18.5 Å². The van der Waals surface area contributed by atoms with Gasteiger partial charge in [-0.15, -0.1) is 5.10 Å². The van der Waals surface area contributed by atoms with E-state index in [9.17, 15) is 4.39 Å². The Balaban J connectivity index is 1.94. The Morgan fingerprint density at radius 2 is 2.00 bits per heavy atom. The molecule has 1 aromatic carbocycles. The summed E-state index contributed by atoms with van der Waals surface area (Å²) >= 11 is 0. The summed E-state index contributed by atoms with van der Waals surface area (Å²) in [4.78, 5) is 0. The lowest BCUT2D eigenvalue weighted by molar-refractivity contribution is 0.441. The highest BCUT2D eigenvalue weighted by molar-refractivity contribution is 5.24. The maximum absolute atomic E-state index is 12.7. The van der Waals surface area contributed by atoms with E-state index in [-0.39, 0.29) is 11.9 Å². The van der Waals surface area contributed by atoms with Crippen LogP contribution < -0.4 is 10.6 Å². The van der Waals surface area contributed by atoms with Crippen LogP contribution in [0.1, 0.15) is 24.4 Å². The molecule has 0 saturated carbocycles. The first kappa shape index (κ1) is 12.5. The molecule has 18 heavy (non-hydrogen) atoms. The van der Waals surface area contributed by atoms with Gasteiger partial charge in [0, 0.05) is 6.54 Å². The molecule has 0 aliphatic heterocycles. The number of hydrogen-bond donors (Lipinski definition) is 2. The molecule has 5 nitrogen and oxygen atoms in total. The molecular weight excluding hydrogens is 235 g/mol. The van der Waals surface area contributed by atoms with Gasteiger partial charge in [-0.1, -0.05) is 17.2 Å². The van der Waals surface area contributed by atoms with E-state index in [4.69, 9.17) is 4.42 Å². The molecule has 0 spiro atoms. The lowest BCUT2D eigenvalue weighted by atomic mass is 10.2. The molecule has 1 aromatic heterocycles. The number of anilines is 1. The van der Waals surface area contributed by atoms with Gasteiger partial charge in [0.1, 0.15) is 5.82 Å². The molecule has 1 heterocycles. The van der Waals surface area contributed by atoms with Crippen LogP contribution in [0.3, 0.4) is 0 Å². The van der Waals surface area contributed by atoms with Crippen LogP contribution in [0.25, 0.3) is 0 Å². The summed E-state index contributed by atoms with van der Waals surface area (Å²) in [5.41, 5.74) is 0.942. The third-order valence-corrected chi connectivity index (χ3v) is 2.60. The van der Waals surface area contributed by atoms with Gasteiger partial charge in [0.05, 0.1) is 6.04 Å². The highest BCUT2D eigenvalue weighted by Crippen LogP contribution is 2.13. The largest absolute Gasteiger partial charge is 0.406 e. The number of benzene rings is 1. The third-order valence-electron chi connectivity index (χ3n) is 2.60. The molecule has 0 radical (unpaired) electrons. The van der Waals surface area contributed by atoms with E-state index in [1.807, 2.05) is 14.0 Å². The first-order chi connectivity index (χ1) is 8.69. The SMILES string of the molecule is CNC(C)c1nnc(NCc2ccc(F)cc2)o1. The van der Waals surface area contributed by atoms with Gasteiger partial charge >= 0.3 is 6.01 Å². The van der Waals surface area contributed by atoms with Crippen LogP contribution in [-0.2, 0) is 6.54 Å². The van der Waals surface area contributed by atoms with E-state index in [0.717, 1.165) is 5.56 Å². The topological polar surface area (TPSA) is 63.0 Å². The maximum atomic E-state index is 12.7. The summed E-state index contributed by atoms with van der Waals surface area (Å²) < 4.78 is 18.1. The van der Waals surface area contributed by atoms with Gasteiger partial charge in [-0.05, 0) is 31.7 Å². The molecule has 1 unspecified atom stereocenters. The van der Waals surface area contributed by atoms with Gasteiger partial charge in [0.2, 0.25) is 5.89 Å². The number of halogens is 1. The lowest BCUT2D eigenvalue weighted by Gasteiger charge is -2.03. The molecule has 2 aromatic rings. The normalized spacial score (nSPS) is 12.4. The summed E-state index contributed by atoms with van der Waals surface area (Å²) in [7, 11) is 1.82. The number of aromatic nitrogens is 2. The molecule has 0 fully saturated rings. The second-order valence-corrected chi connectivity index (χ2v) is 3.94. The average Bonchev–Trinajstić information content (AvgIpc) is 2.86. The molecule has 6 heteroatoms. The summed E-state index contributed by atoms with van der Waals surface area (Å²) in [6, 6.07) is 6.61. The molecule has 2 rings (SSSR count). The minimum Gasteiger partial charge on any atom is -0.406 e. The zero-order valence-corrected chi connectivity index (χ0v) is 10.3.